The van der Waals surface area contributed by atoms with E-state index in [-0.39, 0.29) is 5.41 Å². The molecule has 16 heavy (non-hydrogen) atoms. The predicted octanol–water partition coefficient (Wildman–Crippen LogP) is 2.46. The fourth-order valence-electron chi connectivity index (χ4n) is 2.53. The Morgan fingerprint density at radius 2 is 1.88 bits per heavy atom. The van der Waals surface area contributed by atoms with Crippen LogP contribution >= 0.6 is 0 Å². The number of ether oxygens (including phenoxy) is 1. The van der Waals surface area contributed by atoms with Crippen LogP contribution < -0.4 is 5.73 Å². The second-order valence-corrected chi connectivity index (χ2v) is 5.27. The van der Waals surface area contributed by atoms with Gasteiger partial charge in [-0.05, 0) is 23.5 Å². The van der Waals surface area contributed by atoms with E-state index in [0.717, 1.165) is 13.2 Å². The van der Waals surface area contributed by atoms with Crippen LogP contribution in [0.4, 0.5) is 0 Å². The van der Waals surface area contributed by atoms with Gasteiger partial charge in [-0.15, -0.1) is 0 Å². The highest BCUT2D eigenvalue weighted by Gasteiger charge is 2.40. The van der Waals surface area contributed by atoms with Crippen molar-refractivity contribution in [2.45, 2.75) is 32.2 Å². The molecule has 1 heterocycles. The monoisotopic (exact) mass is 219 g/mol. The van der Waals surface area contributed by atoms with Gasteiger partial charge in [0, 0.05) is 12.0 Å². The fraction of sp³-hybridized carbons (Fsp3) is 0.571. The molecule has 2 rings (SSSR count). The number of nitrogens with two attached hydrogens (primary N) is 1. The normalized spacial score (nSPS) is 18.5. The molecular weight excluding hydrogens is 198 g/mol. The number of hydrogen-bond donors (Lipinski definition) is 1. The van der Waals surface area contributed by atoms with Gasteiger partial charge in [-0.3, -0.25) is 0 Å². The molecule has 1 aromatic rings. The first-order valence-corrected chi connectivity index (χ1v) is 6.03. The molecule has 1 saturated heterocycles. The van der Waals surface area contributed by atoms with Crippen LogP contribution in [0.5, 0.6) is 0 Å². The molecule has 0 radical (unpaired) electrons. The second-order valence-electron chi connectivity index (χ2n) is 5.27. The second kappa shape index (κ2) is 4.56. The smallest absolute Gasteiger partial charge is 0.0585 e. The highest BCUT2D eigenvalue weighted by Crippen LogP contribution is 2.38. The van der Waals surface area contributed by atoms with Crippen LogP contribution in [0.1, 0.15) is 31.4 Å². The first-order chi connectivity index (χ1) is 7.66. The Labute approximate surface area is 97.8 Å². The SMILES string of the molecule is CC(C)CC1(c2ccc(CN)cc2)COC1. The van der Waals surface area contributed by atoms with Crippen molar-refractivity contribution in [1.29, 1.82) is 0 Å². The van der Waals surface area contributed by atoms with E-state index in [9.17, 15) is 0 Å². The van der Waals surface area contributed by atoms with E-state index in [2.05, 4.69) is 38.1 Å². The van der Waals surface area contributed by atoms with Gasteiger partial charge in [0.15, 0.2) is 0 Å². The number of hydrogen-bond acceptors (Lipinski definition) is 2. The molecule has 0 saturated carbocycles. The summed E-state index contributed by atoms with van der Waals surface area (Å²) in [5, 5.41) is 0. The average molecular weight is 219 g/mol. The van der Waals surface area contributed by atoms with Crippen LogP contribution in [0.2, 0.25) is 0 Å². The highest BCUT2D eigenvalue weighted by molar-refractivity contribution is 5.31. The molecule has 0 atom stereocenters. The maximum Gasteiger partial charge on any atom is 0.0585 e. The summed E-state index contributed by atoms with van der Waals surface area (Å²) in [6, 6.07) is 8.70. The predicted molar refractivity (Wildman–Crippen MR) is 66.3 cm³/mol. The minimum atomic E-state index is 0.265. The molecule has 0 amide bonds. The molecule has 2 N–H and O–H groups in total. The first kappa shape index (κ1) is 11.6. The summed E-state index contributed by atoms with van der Waals surface area (Å²) in [7, 11) is 0. The largest absolute Gasteiger partial charge is 0.379 e. The summed E-state index contributed by atoms with van der Waals surface area (Å²) in [6.45, 7) is 6.90. The van der Waals surface area contributed by atoms with Gasteiger partial charge in [0.1, 0.15) is 0 Å². The Hall–Kier alpha value is -0.860. The molecule has 1 aliphatic heterocycles. The minimum absolute atomic E-state index is 0.265. The lowest BCUT2D eigenvalue weighted by atomic mass is 9.73. The molecule has 2 nitrogen and oxygen atoms in total. The van der Waals surface area contributed by atoms with Crippen LogP contribution in [0, 0.1) is 5.92 Å². The van der Waals surface area contributed by atoms with E-state index in [1.165, 1.54) is 17.5 Å². The van der Waals surface area contributed by atoms with Gasteiger partial charge in [0.25, 0.3) is 0 Å². The van der Waals surface area contributed by atoms with Gasteiger partial charge in [0.05, 0.1) is 13.2 Å². The molecule has 1 aromatic carbocycles. The topological polar surface area (TPSA) is 35.2 Å². The third-order valence-corrected chi connectivity index (χ3v) is 3.36. The Morgan fingerprint density at radius 3 is 2.25 bits per heavy atom. The third kappa shape index (κ3) is 2.13. The van der Waals surface area contributed by atoms with Crippen LogP contribution in [0.15, 0.2) is 24.3 Å². The van der Waals surface area contributed by atoms with Crippen molar-refractivity contribution in [1.82, 2.24) is 0 Å². The average Bonchev–Trinajstić information content (AvgIpc) is 2.23. The lowest BCUT2D eigenvalue weighted by Crippen LogP contribution is -2.47. The van der Waals surface area contributed by atoms with Crippen molar-refractivity contribution in [3.05, 3.63) is 35.4 Å². The van der Waals surface area contributed by atoms with Gasteiger partial charge in [-0.25, -0.2) is 0 Å². The van der Waals surface area contributed by atoms with Crippen LogP contribution in [-0.4, -0.2) is 13.2 Å². The maximum atomic E-state index is 5.61. The molecule has 0 bridgehead atoms. The van der Waals surface area contributed by atoms with E-state index < -0.39 is 0 Å². The lowest BCUT2D eigenvalue weighted by Gasteiger charge is -2.43. The van der Waals surface area contributed by atoms with Crippen LogP contribution in [0.25, 0.3) is 0 Å². The molecule has 1 aliphatic rings. The van der Waals surface area contributed by atoms with Crippen molar-refractivity contribution in [3.63, 3.8) is 0 Å². The highest BCUT2D eigenvalue weighted by atomic mass is 16.5. The molecular formula is C14H21NO. The van der Waals surface area contributed by atoms with Crippen molar-refractivity contribution >= 4 is 0 Å². The Balaban J connectivity index is 2.19. The Morgan fingerprint density at radius 1 is 1.25 bits per heavy atom. The van der Waals surface area contributed by atoms with Gasteiger partial charge < -0.3 is 10.5 Å². The van der Waals surface area contributed by atoms with Crippen LogP contribution in [-0.2, 0) is 16.7 Å². The molecule has 0 aliphatic carbocycles. The van der Waals surface area contributed by atoms with Crippen LogP contribution in [0.3, 0.4) is 0 Å². The summed E-state index contributed by atoms with van der Waals surface area (Å²) in [5.41, 5.74) is 8.48. The summed E-state index contributed by atoms with van der Waals surface area (Å²) in [6.07, 6.45) is 1.20. The number of rotatable bonds is 4. The molecule has 0 unspecified atom stereocenters. The van der Waals surface area contributed by atoms with Gasteiger partial charge >= 0.3 is 0 Å². The van der Waals surface area contributed by atoms with Gasteiger partial charge in [-0.1, -0.05) is 38.1 Å². The summed E-state index contributed by atoms with van der Waals surface area (Å²) in [4.78, 5) is 0. The number of benzene rings is 1. The summed E-state index contributed by atoms with van der Waals surface area (Å²) < 4.78 is 5.43. The Kier molecular flexibility index (Phi) is 3.31. The van der Waals surface area contributed by atoms with E-state index in [0.29, 0.717) is 12.5 Å². The van der Waals surface area contributed by atoms with Crippen molar-refractivity contribution < 1.29 is 4.74 Å². The standard InChI is InChI=1S/C14H21NO/c1-11(2)7-14(9-16-10-14)13-5-3-12(8-15)4-6-13/h3-6,11H,7-10,15H2,1-2H3. The molecule has 1 fully saturated rings. The van der Waals surface area contributed by atoms with Crippen molar-refractivity contribution in [2.75, 3.05) is 13.2 Å². The maximum absolute atomic E-state index is 5.61. The summed E-state index contributed by atoms with van der Waals surface area (Å²) in [5.74, 6) is 0.707. The zero-order chi connectivity index (χ0) is 11.6. The van der Waals surface area contributed by atoms with Gasteiger partial charge in [-0.2, -0.15) is 0 Å². The Bertz CT molecular complexity index is 338. The van der Waals surface area contributed by atoms with Crippen molar-refractivity contribution in [2.24, 2.45) is 11.7 Å². The van der Waals surface area contributed by atoms with E-state index >= 15 is 0 Å². The molecule has 88 valence electrons. The third-order valence-electron chi connectivity index (χ3n) is 3.36. The van der Waals surface area contributed by atoms with E-state index in [1.54, 1.807) is 0 Å². The van der Waals surface area contributed by atoms with Crippen molar-refractivity contribution in [3.8, 4) is 0 Å². The lowest BCUT2D eigenvalue weighted by molar-refractivity contribution is -0.0697. The van der Waals surface area contributed by atoms with Gasteiger partial charge in [0.2, 0.25) is 0 Å². The minimum Gasteiger partial charge on any atom is -0.379 e. The zero-order valence-corrected chi connectivity index (χ0v) is 10.2. The fourth-order valence-corrected chi connectivity index (χ4v) is 2.53. The van der Waals surface area contributed by atoms with E-state index in [1.807, 2.05) is 0 Å². The zero-order valence-electron chi connectivity index (χ0n) is 10.2. The molecule has 0 aromatic heterocycles. The molecule has 0 spiro atoms. The quantitative estimate of drug-likeness (QED) is 0.844. The molecule has 2 heteroatoms. The summed E-state index contributed by atoms with van der Waals surface area (Å²) >= 11 is 0. The van der Waals surface area contributed by atoms with E-state index in [4.69, 9.17) is 10.5 Å². The first-order valence-electron chi connectivity index (χ1n) is 6.03.